The number of fused-ring (bicyclic) bond motifs is 4. The highest BCUT2D eigenvalue weighted by Gasteiger charge is 2.40. The number of halogens is 5. The topological polar surface area (TPSA) is 101 Å². The SMILES string of the molecule is Cc1[nH]c2c3c(c(C(F)(F)F)cc2[n+]1C)-c1cccn2c(C(=O)c4cc(F)c(NC(=O)/C=C/CNC5(C)COC5)c(F)c4)cc(c12)CC(C)O3. The molecular weight excluding hydrogens is 661 g/mol. The fourth-order valence-corrected chi connectivity index (χ4v) is 6.63. The zero-order valence-corrected chi connectivity index (χ0v) is 27.5. The van der Waals surface area contributed by atoms with E-state index in [1.165, 1.54) is 34.9 Å². The Morgan fingerprint density at radius 2 is 1.88 bits per heavy atom. The van der Waals surface area contributed by atoms with Crippen LogP contribution in [0.3, 0.4) is 0 Å². The number of rotatable bonds is 7. The summed E-state index contributed by atoms with van der Waals surface area (Å²) in [6.45, 7) is 6.83. The lowest BCUT2D eigenvalue weighted by Gasteiger charge is -2.38. The molecular formula is C36H33F5N5O4+. The minimum absolute atomic E-state index is 0.0131. The van der Waals surface area contributed by atoms with Gasteiger partial charge in [-0.05, 0) is 43.7 Å². The Kier molecular flexibility index (Phi) is 8.06. The molecule has 5 heterocycles. The average molecular weight is 695 g/mol. The molecule has 1 atom stereocenters. The maximum atomic E-state index is 15.3. The number of aromatic nitrogens is 3. The molecule has 1 fully saturated rings. The van der Waals surface area contributed by atoms with Crippen molar-refractivity contribution in [1.29, 1.82) is 0 Å². The standard InChI is InChI=1S/C36H32F5N5O4/c1-18-11-20-14-27(33(48)21-12-24(37)30(25(38)13-21)44-28(47)8-5-9-42-35(3)16-49-17-35)46-10-6-7-22(32(20)46)29-23(36(39,40)41)15-26-31(34(29)50-18)43-19(2)45(26)4/h5-8,10,12-15,18,42H,9,11,16-17H2,1-4H3,(H,44,47,48)/p+1/b8-5+. The van der Waals surface area contributed by atoms with Crippen LogP contribution in [0.2, 0.25) is 0 Å². The van der Waals surface area contributed by atoms with Crippen molar-refractivity contribution in [2.24, 2.45) is 7.05 Å². The first-order valence-corrected chi connectivity index (χ1v) is 15.9. The number of pyridine rings is 1. The molecule has 0 aliphatic carbocycles. The van der Waals surface area contributed by atoms with Gasteiger partial charge >= 0.3 is 6.18 Å². The zero-order chi connectivity index (χ0) is 35.7. The molecule has 14 heteroatoms. The van der Waals surface area contributed by atoms with Crippen LogP contribution in [-0.2, 0) is 29.2 Å². The van der Waals surface area contributed by atoms with E-state index in [-0.39, 0.29) is 40.1 Å². The fourth-order valence-electron chi connectivity index (χ4n) is 6.63. The highest BCUT2D eigenvalue weighted by atomic mass is 19.4. The van der Waals surface area contributed by atoms with Crippen molar-refractivity contribution in [1.82, 2.24) is 14.7 Å². The lowest BCUT2D eigenvalue weighted by molar-refractivity contribution is -0.651. The van der Waals surface area contributed by atoms with Crippen LogP contribution in [0.4, 0.5) is 27.6 Å². The molecule has 0 radical (unpaired) electrons. The van der Waals surface area contributed by atoms with E-state index in [1.807, 2.05) is 6.92 Å². The van der Waals surface area contributed by atoms with Crippen molar-refractivity contribution < 1.29 is 45.6 Å². The second-order valence-electron chi connectivity index (χ2n) is 13.1. The van der Waals surface area contributed by atoms with Crippen LogP contribution < -0.4 is 19.9 Å². The fraction of sp³-hybridized carbons (Fsp3) is 0.306. The van der Waals surface area contributed by atoms with Gasteiger partial charge < -0.3 is 24.5 Å². The summed E-state index contributed by atoms with van der Waals surface area (Å²) >= 11 is 0. The molecule has 0 bridgehead atoms. The number of carbonyl (C=O) groups excluding carboxylic acids is 2. The average Bonchev–Trinajstić information content (AvgIpc) is 3.54. The summed E-state index contributed by atoms with van der Waals surface area (Å²) in [6.07, 6.45) is -0.981. The Balaban J connectivity index is 1.27. The number of hydrogen-bond donors (Lipinski definition) is 3. The minimum atomic E-state index is -4.76. The summed E-state index contributed by atoms with van der Waals surface area (Å²) in [7, 11) is 1.66. The van der Waals surface area contributed by atoms with E-state index in [2.05, 4.69) is 15.6 Å². The van der Waals surface area contributed by atoms with Gasteiger partial charge in [-0.1, -0.05) is 12.1 Å². The van der Waals surface area contributed by atoms with Crippen molar-refractivity contribution >= 4 is 33.9 Å². The quantitative estimate of drug-likeness (QED) is 0.0848. The number of aryl methyl sites for hydroxylation is 2. The highest BCUT2D eigenvalue weighted by molar-refractivity contribution is 6.10. The molecule has 1 saturated heterocycles. The maximum absolute atomic E-state index is 15.3. The smallest absolute Gasteiger partial charge is 0.417 e. The van der Waals surface area contributed by atoms with Crippen LogP contribution in [0.1, 0.15) is 46.9 Å². The van der Waals surface area contributed by atoms with Crippen molar-refractivity contribution in [2.45, 2.75) is 45.0 Å². The van der Waals surface area contributed by atoms with Gasteiger partial charge in [0, 0.05) is 54.9 Å². The summed E-state index contributed by atoms with van der Waals surface area (Å²) in [4.78, 5) is 29.4. The first-order chi connectivity index (χ1) is 23.6. The number of aromatic amines is 1. The first-order valence-electron chi connectivity index (χ1n) is 15.9. The number of carbonyl (C=O) groups is 2. The van der Waals surface area contributed by atoms with Crippen LogP contribution in [0.15, 0.2) is 54.7 Å². The molecule has 260 valence electrons. The van der Waals surface area contributed by atoms with Crippen LogP contribution in [0.5, 0.6) is 5.75 Å². The summed E-state index contributed by atoms with van der Waals surface area (Å²) in [6, 6.07) is 7.26. The Morgan fingerprint density at radius 1 is 1.16 bits per heavy atom. The van der Waals surface area contributed by atoms with Gasteiger partial charge in [0.25, 0.3) is 5.82 Å². The number of alkyl halides is 3. The third-order valence-corrected chi connectivity index (χ3v) is 9.24. The Bertz CT molecular complexity index is 2230. The van der Waals surface area contributed by atoms with Crippen LogP contribution in [0.25, 0.3) is 27.7 Å². The lowest BCUT2D eigenvalue weighted by Crippen LogP contribution is -2.58. The number of anilines is 1. The van der Waals surface area contributed by atoms with E-state index >= 15 is 8.78 Å². The molecule has 3 aromatic heterocycles. The number of ketones is 1. The summed E-state index contributed by atoms with van der Waals surface area (Å²) < 4.78 is 89.3. The van der Waals surface area contributed by atoms with Crippen molar-refractivity contribution in [3.8, 4) is 16.9 Å². The molecule has 0 spiro atoms. The van der Waals surface area contributed by atoms with E-state index < -0.39 is 46.9 Å². The molecule has 0 saturated carbocycles. The summed E-state index contributed by atoms with van der Waals surface area (Å²) in [5.41, 5.74) is -0.619. The number of ether oxygens (including phenoxy) is 2. The molecule has 2 aliphatic rings. The van der Waals surface area contributed by atoms with Gasteiger partial charge in [0.1, 0.15) is 23.4 Å². The zero-order valence-electron chi connectivity index (χ0n) is 27.5. The van der Waals surface area contributed by atoms with Crippen LogP contribution >= 0.6 is 0 Å². The monoisotopic (exact) mass is 694 g/mol. The lowest BCUT2D eigenvalue weighted by atomic mass is 9.93. The molecule has 2 aromatic carbocycles. The third kappa shape index (κ3) is 5.71. The number of benzene rings is 2. The van der Waals surface area contributed by atoms with Gasteiger partial charge in [-0.3, -0.25) is 9.59 Å². The Hall–Kier alpha value is -5.08. The second kappa shape index (κ2) is 12.1. The molecule has 1 amide bonds. The molecule has 7 rings (SSSR count). The number of amides is 1. The van der Waals surface area contributed by atoms with Gasteiger partial charge in [0.2, 0.25) is 17.2 Å². The van der Waals surface area contributed by atoms with Gasteiger partial charge in [0.15, 0.2) is 11.3 Å². The highest BCUT2D eigenvalue weighted by Crippen LogP contribution is 2.48. The molecule has 50 heavy (non-hydrogen) atoms. The minimum Gasteiger partial charge on any atom is -0.485 e. The molecule has 1 unspecified atom stereocenters. The van der Waals surface area contributed by atoms with E-state index in [0.717, 1.165) is 24.3 Å². The number of hydrogen-bond acceptors (Lipinski definition) is 5. The van der Waals surface area contributed by atoms with E-state index in [1.54, 1.807) is 25.5 Å². The number of nitrogens with zero attached hydrogens (tertiary/aromatic N) is 2. The Morgan fingerprint density at radius 3 is 2.54 bits per heavy atom. The van der Waals surface area contributed by atoms with Gasteiger partial charge in [-0.15, -0.1) is 0 Å². The molecule has 5 aromatic rings. The number of imidazole rings is 1. The summed E-state index contributed by atoms with van der Waals surface area (Å²) in [5.74, 6) is -3.22. The number of H-pyrrole nitrogens is 1. The van der Waals surface area contributed by atoms with Crippen molar-refractivity contribution in [2.75, 3.05) is 25.1 Å². The number of nitrogens with one attached hydrogen (secondary N) is 3. The first kappa shape index (κ1) is 33.4. The van der Waals surface area contributed by atoms with Crippen molar-refractivity contribution in [3.63, 3.8) is 0 Å². The normalized spacial score (nSPS) is 16.9. The van der Waals surface area contributed by atoms with Crippen molar-refractivity contribution in [3.05, 3.63) is 94.6 Å². The predicted octanol–water partition coefficient (Wildman–Crippen LogP) is 5.95. The molecule has 2 aliphatic heterocycles. The molecule has 9 nitrogen and oxygen atoms in total. The van der Waals surface area contributed by atoms with Crippen LogP contribution in [0, 0.1) is 18.6 Å². The van der Waals surface area contributed by atoms with E-state index in [4.69, 9.17) is 9.47 Å². The molecule has 3 N–H and O–H groups in total. The third-order valence-electron chi connectivity index (χ3n) is 9.24. The maximum Gasteiger partial charge on any atom is 0.417 e. The largest absolute Gasteiger partial charge is 0.485 e. The van der Waals surface area contributed by atoms with Crippen LogP contribution in [-0.4, -0.2) is 52.5 Å². The Labute approximate surface area is 282 Å². The summed E-state index contributed by atoms with van der Waals surface area (Å²) in [5, 5.41) is 5.37. The van der Waals surface area contributed by atoms with Gasteiger partial charge in [0.05, 0.1) is 42.6 Å². The second-order valence-corrected chi connectivity index (χ2v) is 13.1. The van der Waals surface area contributed by atoms with Gasteiger partial charge in [-0.25, -0.2) is 18.3 Å². The van der Waals surface area contributed by atoms with E-state index in [9.17, 15) is 22.8 Å². The van der Waals surface area contributed by atoms with Gasteiger partial charge in [-0.2, -0.15) is 13.2 Å². The predicted molar refractivity (Wildman–Crippen MR) is 174 cm³/mol. The van der Waals surface area contributed by atoms with E-state index in [0.29, 0.717) is 47.7 Å².